The Labute approximate surface area is 117 Å². The van der Waals surface area contributed by atoms with Gasteiger partial charge in [0.15, 0.2) is 0 Å². The first kappa shape index (κ1) is 15.0. The van der Waals surface area contributed by atoms with E-state index in [0.29, 0.717) is 17.9 Å². The van der Waals surface area contributed by atoms with E-state index in [1.807, 2.05) is 6.92 Å². The second-order valence-corrected chi connectivity index (χ2v) is 3.96. The third-order valence-electron chi connectivity index (χ3n) is 2.20. The Morgan fingerprint density at radius 1 is 1.42 bits per heavy atom. The number of thiol groups is 1. The summed E-state index contributed by atoms with van der Waals surface area (Å²) in [4.78, 5) is 18.7. The summed E-state index contributed by atoms with van der Waals surface area (Å²) in [5, 5.41) is 8.71. The fourth-order valence-electron chi connectivity index (χ4n) is 1.31. The Balaban J connectivity index is 2.99. The number of aliphatic carboxylic acids is 1. The molecule has 0 atom stereocenters. The van der Waals surface area contributed by atoms with Gasteiger partial charge in [-0.2, -0.15) is 0 Å². The molecule has 0 aliphatic heterocycles. The highest BCUT2D eigenvalue weighted by molar-refractivity contribution is 7.81. The predicted molar refractivity (Wildman–Crippen MR) is 80.3 cm³/mol. The van der Waals surface area contributed by atoms with E-state index in [0.717, 1.165) is 12.1 Å². The lowest BCUT2D eigenvalue weighted by atomic mass is 10.3. The van der Waals surface area contributed by atoms with Gasteiger partial charge in [0.25, 0.3) is 0 Å². The Hall–Kier alpha value is -2.02. The van der Waals surface area contributed by atoms with E-state index in [1.165, 1.54) is 0 Å². The van der Waals surface area contributed by atoms with Crippen molar-refractivity contribution in [2.45, 2.75) is 19.8 Å². The molecular formula is C12H16N4O2S. The highest BCUT2D eigenvalue weighted by Gasteiger charge is 2.05. The van der Waals surface area contributed by atoms with Crippen molar-refractivity contribution >= 4 is 41.8 Å². The van der Waals surface area contributed by atoms with Crippen LogP contribution in [0.2, 0.25) is 0 Å². The summed E-state index contributed by atoms with van der Waals surface area (Å²) in [6.45, 7) is 1.95. The molecule has 0 fully saturated rings. The molecule has 0 radical (unpaired) electrons. The molecule has 0 saturated heterocycles. The lowest BCUT2D eigenvalue weighted by Gasteiger charge is -2.02. The summed E-state index contributed by atoms with van der Waals surface area (Å²) >= 11 is 3.93. The number of nitrogens with one attached hydrogen (secondary N) is 1. The molecule has 6 nitrogen and oxygen atoms in total. The van der Waals surface area contributed by atoms with Crippen LogP contribution < -0.4 is 10.5 Å². The van der Waals surface area contributed by atoms with Gasteiger partial charge in [0, 0.05) is 12.1 Å². The molecule has 0 heterocycles. The van der Waals surface area contributed by atoms with Crippen LogP contribution in [0, 0.1) is 0 Å². The molecule has 1 aromatic carbocycles. The molecule has 0 unspecified atom stereocenters. The zero-order chi connectivity index (χ0) is 14.3. The van der Waals surface area contributed by atoms with Gasteiger partial charge in [0.2, 0.25) is 5.84 Å². The standard InChI is InChI=1S/C12H16N4O2S/c1-2-3-10(15-11(13)12(17)18)14-8-4-6-9(16-19)7-5-8/h4-7,16,19H,2-3H2,1H3,(H,17,18)(H2,13,14,15). The second-order valence-electron chi connectivity index (χ2n) is 3.74. The summed E-state index contributed by atoms with van der Waals surface area (Å²) in [7, 11) is 0. The van der Waals surface area contributed by atoms with Crippen LogP contribution in [0.25, 0.3) is 0 Å². The average molecular weight is 280 g/mol. The lowest BCUT2D eigenvalue weighted by molar-refractivity contribution is -0.129. The maximum atomic E-state index is 10.6. The topological polar surface area (TPSA) is 100 Å². The first-order chi connectivity index (χ1) is 9.06. The number of hydrogen-bond donors (Lipinski definition) is 4. The van der Waals surface area contributed by atoms with Crippen LogP contribution in [0.4, 0.5) is 11.4 Å². The third-order valence-corrected chi connectivity index (χ3v) is 2.45. The molecule has 0 saturated carbocycles. The van der Waals surface area contributed by atoms with Crippen molar-refractivity contribution in [2.24, 2.45) is 15.7 Å². The summed E-state index contributed by atoms with van der Waals surface area (Å²) in [6.07, 6.45) is 1.35. The van der Waals surface area contributed by atoms with Gasteiger partial charge in [-0.05, 0) is 30.7 Å². The van der Waals surface area contributed by atoms with Crippen LogP contribution in [0.1, 0.15) is 19.8 Å². The summed E-state index contributed by atoms with van der Waals surface area (Å²) in [6, 6.07) is 7.17. The van der Waals surface area contributed by atoms with Crippen molar-refractivity contribution in [1.29, 1.82) is 0 Å². The van der Waals surface area contributed by atoms with Crippen molar-refractivity contribution in [3.05, 3.63) is 24.3 Å². The van der Waals surface area contributed by atoms with Gasteiger partial charge in [-0.25, -0.2) is 14.8 Å². The molecule has 0 aliphatic carbocycles. The maximum Gasteiger partial charge on any atom is 0.371 e. The van der Waals surface area contributed by atoms with Crippen molar-refractivity contribution in [3.8, 4) is 0 Å². The van der Waals surface area contributed by atoms with Crippen LogP contribution in [-0.4, -0.2) is 22.7 Å². The number of amidine groups is 2. The molecule has 102 valence electrons. The first-order valence-electron chi connectivity index (χ1n) is 5.72. The number of anilines is 1. The van der Waals surface area contributed by atoms with Gasteiger partial charge in [0.1, 0.15) is 5.84 Å². The Morgan fingerprint density at radius 2 is 2.05 bits per heavy atom. The molecule has 1 rings (SSSR count). The number of hydrogen-bond acceptors (Lipinski definition) is 4. The lowest BCUT2D eigenvalue weighted by Crippen LogP contribution is -2.24. The molecule has 4 N–H and O–H groups in total. The Kier molecular flexibility index (Phi) is 5.87. The zero-order valence-corrected chi connectivity index (χ0v) is 11.4. The third kappa shape index (κ3) is 5.01. The van der Waals surface area contributed by atoms with Crippen molar-refractivity contribution in [1.82, 2.24) is 0 Å². The summed E-state index contributed by atoms with van der Waals surface area (Å²) in [5.74, 6) is -1.31. The summed E-state index contributed by atoms with van der Waals surface area (Å²) < 4.78 is 2.70. The molecule has 0 aliphatic rings. The quantitative estimate of drug-likeness (QED) is 0.386. The van der Waals surface area contributed by atoms with E-state index in [4.69, 9.17) is 10.8 Å². The van der Waals surface area contributed by atoms with Gasteiger partial charge in [-0.3, -0.25) is 0 Å². The van der Waals surface area contributed by atoms with Gasteiger partial charge < -0.3 is 15.6 Å². The minimum absolute atomic E-state index is 0.397. The predicted octanol–water partition coefficient (Wildman–Crippen LogP) is 2.22. The van der Waals surface area contributed by atoms with E-state index in [9.17, 15) is 4.79 Å². The van der Waals surface area contributed by atoms with E-state index in [-0.39, 0.29) is 0 Å². The minimum atomic E-state index is -1.25. The Morgan fingerprint density at radius 3 is 2.53 bits per heavy atom. The monoisotopic (exact) mass is 280 g/mol. The number of aliphatic imine (C=N–C) groups is 2. The molecule has 0 bridgehead atoms. The van der Waals surface area contributed by atoms with E-state index < -0.39 is 11.8 Å². The van der Waals surface area contributed by atoms with E-state index >= 15 is 0 Å². The number of carboxylic acid groups (broad SMARTS) is 1. The molecule has 0 aromatic heterocycles. The van der Waals surface area contributed by atoms with Crippen LogP contribution in [0.3, 0.4) is 0 Å². The number of nitrogens with two attached hydrogens (primary N) is 1. The number of carboxylic acids is 1. The first-order valence-corrected chi connectivity index (χ1v) is 6.16. The van der Waals surface area contributed by atoms with Crippen LogP contribution >= 0.6 is 12.8 Å². The number of carbonyl (C=O) groups is 1. The Bertz CT molecular complexity index is 497. The molecule has 7 heteroatoms. The SMILES string of the molecule is CCCC(=Nc1ccc(NS)cc1)N=C(N)C(=O)O. The van der Waals surface area contributed by atoms with Crippen LogP contribution in [0.15, 0.2) is 34.3 Å². The minimum Gasteiger partial charge on any atom is -0.475 e. The zero-order valence-electron chi connectivity index (χ0n) is 10.5. The van der Waals surface area contributed by atoms with Crippen LogP contribution in [0.5, 0.6) is 0 Å². The largest absolute Gasteiger partial charge is 0.475 e. The van der Waals surface area contributed by atoms with Gasteiger partial charge >= 0.3 is 5.97 Å². The normalized spacial score (nSPS) is 12.3. The summed E-state index contributed by atoms with van der Waals surface area (Å²) in [5.41, 5.74) is 6.82. The smallest absolute Gasteiger partial charge is 0.371 e. The van der Waals surface area contributed by atoms with Crippen LogP contribution in [-0.2, 0) is 4.79 Å². The molecule has 0 amide bonds. The molecule has 1 aromatic rings. The molecular weight excluding hydrogens is 264 g/mol. The van der Waals surface area contributed by atoms with E-state index in [2.05, 4.69) is 27.5 Å². The molecule has 0 spiro atoms. The van der Waals surface area contributed by atoms with Gasteiger partial charge in [-0.1, -0.05) is 19.7 Å². The van der Waals surface area contributed by atoms with Crippen molar-refractivity contribution in [2.75, 3.05) is 4.72 Å². The van der Waals surface area contributed by atoms with Gasteiger partial charge in [-0.15, -0.1) is 0 Å². The molecule has 19 heavy (non-hydrogen) atoms. The second kappa shape index (κ2) is 7.42. The fourth-order valence-corrected chi connectivity index (χ4v) is 1.46. The van der Waals surface area contributed by atoms with E-state index in [1.54, 1.807) is 24.3 Å². The highest BCUT2D eigenvalue weighted by Crippen LogP contribution is 2.17. The number of nitrogens with zero attached hydrogens (tertiary/aromatic N) is 2. The number of benzene rings is 1. The fraction of sp³-hybridized carbons (Fsp3) is 0.250. The average Bonchev–Trinajstić information content (AvgIpc) is 2.39. The highest BCUT2D eigenvalue weighted by atomic mass is 32.1. The maximum absolute atomic E-state index is 10.6. The number of rotatable bonds is 4. The van der Waals surface area contributed by atoms with Gasteiger partial charge in [0.05, 0.1) is 5.69 Å². The van der Waals surface area contributed by atoms with Crippen molar-refractivity contribution < 1.29 is 9.90 Å². The van der Waals surface area contributed by atoms with Crippen molar-refractivity contribution in [3.63, 3.8) is 0 Å².